The fraction of sp³-hybridized carbons (Fsp3) is 0.269. The molecule has 0 aliphatic rings. The maximum absolute atomic E-state index is 5.97. The Labute approximate surface area is 179 Å². The predicted molar refractivity (Wildman–Crippen MR) is 125 cm³/mol. The van der Waals surface area contributed by atoms with Crippen molar-refractivity contribution in [3.05, 3.63) is 90.0 Å². The lowest BCUT2D eigenvalue weighted by Crippen LogP contribution is -2.16. The largest absolute Gasteiger partial charge is 0.493 e. The van der Waals surface area contributed by atoms with Gasteiger partial charge in [-0.05, 0) is 42.7 Å². The molecule has 0 bridgehead atoms. The molecule has 0 fully saturated rings. The fourth-order valence-corrected chi connectivity index (χ4v) is 2.96. The third kappa shape index (κ3) is 6.38. The summed E-state index contributed by atoms with van der Waals surface area (Å²) >= 11 is 0. The van der Waals surface area contributed by atoms with Crippen LogP contribution in [0.3, 0.4) is 0 Å². The summed E-state index contributed by atoms with van der Waals surface area (Å²) in [6.45, 7) is 6.23. The average Bonchev–Trinajstić information content (AvgIpc) is 2.80. The molecule has 0 amide bonds. The van der Waals surface area contributed by atoms with E-state index in [1.54, 1.807) is 0 Å². The van der Waals surface area contributed by atoms with Gasteiger partial charge >= 0.3 is 0 Å². The molecule has 0 aliphatic carbocycles. The highest BCUT2D eigenvalue weighted by Crippen LogP contribution is 2.25. The van der Waals surface area contributed by atoms with Crippen molar-refractivity contribution in [2.45, 2.75) is 33.2 Å². The van der Waals surface area contributed by atoms with E-state index in [0.717, 1.165) is 35.6 Å². The van der Waals surface area contributed by atoms with Gasteiger partial charge in [0.25, 0.3) is 0 Å². The summed E-state index contributed by atoms with van der Waals surface area (Å²) in [6.07, 6.45) is 3.78. The molecule has 0 heterocycles. The summed E-state index contributed by atoms with van der Waals surface area (Å²) in [6, 6.07) is 26.5. The van der Waals surface area contributed by atoms with Gasteiger partial charge in [-0.25, -0.2) is 0 Å². The third-order valence-electron chi connectivity index (χ3n) is 4.49. The van der Waals surface area contributed by atoms with Crippen LogP contribution in [0.15, 0.2) is 84.0 Å². The molecule has 0 aliphatic heterocycles. The van der Waals surface area contributed by atoms with Gasteiger partial charge in [-0.15, -0.1) is 0 Å². The molecule has 4 nitrogen and oxygen atoms in total. The van der Waals surface area contributed by atoms with Crippen molar-refractivity contribution in [3.63, 3.8) is 0 Å². The SMILES string of the molecule is CCCOc1ccc(/C=N\N(Cc2ccccc2)c2ccccc2)c(OCCC)c1. The Kier molecular flexibility index (Phi) is 8.34. The van der Waals surface area contributed by atoms with Crippen molar-refractivity contribution in [3.8, 4) is 11.5 Å². The van der Waals surface area contributed by atoms with Gasteiger partial charge in [0.1, 0.15) is 11.5 Å². The number of rotatable bonds is 11. The van der Waals surface area contributed by atoms with Gasteiger partial charge in [-0.1, -0.05) is 62.4 Å². The summed E-state index contributed by atoms with van der Waals surface area (Å²) in [5.41, 5.74) is 3.17. The highest BCUT2D eigenvalue weighted by molar-refractivity contribution is 5.84. The van der Waals surface area contributed by atoms with Crippen molar-refractivity contribution in [1.29, 1.82) is 0 Å². The Morgan fingerprint density at radius 2 is 1.47 bits per heavy atom. The molecule has 4 heteroatoms. The minimum atomic E-state index is 0.657. The molecule has 30 heavy (non-hydrogen) atoms. The molecule has 156 valence electrons. The first-order valence-electron chi connectivity index (χ1n) is 10.6. The summed E-state index contributed by atoms with van der Waals surface area (Å²) in [5, 5.41) is 6.81. The van der Waals surface area contributed by atoms with Gasteiger partial charge in [0.15, 0.2) is 0 Å². The van der Waals surface area contributed by atoms with E-state index in [1.807, 2.05) is 65.8 Å². The molecule has 3 aromatic carbocycles. The molecule has 3 rings (SSSR count). The maximum Gasteiger partial charge on any atom is 0.131 e. The van der Waals surface area contributed by atoms with Crippen LogP contribution < -0.4 is 14.5 Å². The maximum atomic E-state index is 5.97. The standard InChI is InChI=1S/C26H30N2O2/c1-3-17-29-25-16-15-23(26(19-25)30-18-4-2)20-27-28(24-13-9-6-10-14-24)21-22-11-7-5-8-12-22/h5-16,19-20H,3-4,17-18,21H2,1-2H3/b27-20-. The first-order chi connectivity index (χ1) is 14.8. The Hall–Kier alpha value is -3.27. The zero-order valence-electron chi connectivity index (χ0n) is 17.8. The van der Waals surface area contributed by atoms with Crippen LogP contribution in [-0.4, -0.2) is 19.4 Å². The molecule has 0 unspecified atom stereocenters. The van der Waals surface area contributed by atoms with Crippen LogP contribution >= 0.6 is 0 Å². The molecule has 0 atom stereocenters. The van der Waals surface area contributed by atoms with E-state index in [4.69, 9.17) is 14.6 Å². The predicted octanol–water partition coefficient (Wildman–Crippen LogP) is 6.30. The number of anilines is 1. The number of nitrogens with zero attached hydrogens (tertiary/aromatic N) is 2. The normalized spacial score (nSPS) is 10.9. The van der Waals surface area contributed by atoms with Crippen LogP contribution in [0.5, 0.6) is 11.5 Å². The number of para-hydroxylation sites is 1. The van der Waals surface area contributed by atoms with E-state index < -0.39 is 0 Å². The Balaban J connectivity index is 1.86. The average molecular weight is 403 g/mol. The lowest BCUT2D eigenvalue weighted by molar-refractivity contribution is 0.301. The molecular formula is C26H30N2O2. The fourth-order valence-electron chi connectivity index (χ4n) is 2.96. The van der Waals surface area contributed by atoms with Crippen LogP contribution in [-0.2, 0) is 6.54 Å². The number of benzene rings is 3. The van der Waals surface area contributed by atoms with E-state index in [2.05, 4.69) is 38.1 Å². The van der Waals surface area contributed by atoms with Crippen molar-refractivity contribution < 1.29 is 9.47 Å². The number of hydrogen-bond donors (Lipinski definition) is 0. The van der Waals surface area contributed by atoms with E-state index in [0.29, 0.717) is 19.8 Å². The van der Waals surface area contributed by atoms with Gasteiger partial charge in [-0.3, -0.25) is 5.01 Å². The van der Waals surface area contributed by atoms with Crippen molar-refractivity contribution >= 4 is 11.9 Å². The molecular weight excluding hydrogens is 372 g/mol. The smallest absolute Gasteiger partial charge is 0.131 e. The molecule has 0 saturated heterocycles. The molecule has 0 aromatic heterocycles. The van der Waals surface area contributed by atoms with Crippen LogP contribution in [0, 0.1) is 0 Å². The van der Waals surface area contributed by atoms with E-state index in [9.17, 15) is 0 Å². The topological polar surface area (TPSA) is 34.1 Å². The first-order valence-corrected chi connectivity index (χ1v) is 10.6. The van der Waals surface area contributed by atoms with Crippen LogP contribution in [0.25, 0.3) is 0 Å². The van der Waals surface area contributed by atoms with Gasteiger partial charge in [0.05, 0.1) is 31.7 Å². The van der Waals surface area contributed by atoms with Crippen LogP contribution in [0.4, 0.5) is 5.69 Å². The van der Waals surface area contributed by atoms with Crippen molar-refractivity contribution in [2.24, 2.45) is 5.10 Å². The van der Waals surface area contributed by atoms with Gasteiger partial charge in [-0.2, -0.15) is 5.10 Å². The molecule has 0 radical (unpaired) electrons. The summed E-state index contributed by atoms with van der Waals surface area (Å²) in [7, 11) is 0. The monoisotopic (exact) mass is 402 g/mol. The third-order valence-corrected chi connectivity index (χ3v) is 4.49. The van der Waals surface area contributed by atoms with E-state index >= 15 is 0 Å². The number of hydrazone groups is 1. The highest BCUT2D eigenvalue weighted by Gasteiger charge is 2.08. The molecule has 0 N–H and O–H groups in total. The van der Waals surface area contributed by atoms with Gasteiger partial charge in [0.2, 0.25) is 0 Å². The lowest BCUT2D eigenvalue weighted by atomic mass is 10.2. The van der Waals surface area contributed by atoms with Gasteiger partial charge < -0.3 is 9.47 Å². The number of hydrogen-bond acceptors (Lipinski definition) is 4. The quantitative estimate of drug-likeness (QED) is 0.279. The Morgan fingerprint density at radius 1 is 0.800 bits per heavy atom. The van der Waals surface area contributed by atoms with Crippen molar-refractivity contribution in [1.82, 2.24) is 0 Å². The lowest BCUT2D eigenvalue weighted by Gasteiger charge is -2.19. The number of ether oxygens (including phenoxy) is 2. The molecule has 0 spiro atoms. The Bertz CT molecular complexity index is 911. The van der Waals surface area contributed by atoms with Gasteiger partial charge in [0, 0.05) is 11.6 Å². The second-order valence-corrected chi connectivity index (χ2v) is 7.02. The summed E-state index contributed by atoms with van der Waals surface area (Å²) < 4.78 is 11.7. The van der Waals surface area contributed by atoms with E-state index in [1.165, 1.54) is 5.56 Å². The zero-order valence-corrected chi connectivity index (χ0v) is 17.8. The molecule has 0 saturated carbocycles. The van der Waals surface area contributed by atoms with Crippen molar-refractivity contribution in [2.75, 3.05) is 18.2 Å². The highest BCUT2D eigenvalue weighted by atomic mass is 16.5. The van der Waals surface area contributed by atoms with Crippen LogP contribution in [0.1, 0.15) is 37.8 Å². The zero-order chi connectivity index (χ0) is 21.0. The summed E-state index contributed by atoms with van der Waals surface area (Å²) in [4.78, 5) is 0. The Morgan fingerprint density at radius 3 is 2.17 bits per heavy atom. The molecule has 3 aromatic rings. The minimum absolute atomic E-state index is 0.657. The second kappa shape index (κ2) is 11.7. The summed E-state index contributed by atoms with van der Waals surface area (Å²) in [5.74, 6) is 1.62. The first kappa shape index (κ1) is 21.4. The minimum Gasteiger partial charge on any atom is -0.493 e. The van der Waals surface area contributed by atoms with Crippen LogP contribution in [0.2, 0.25) is 0 Å². The van der Waals surface area contributed by atoms with E-state index in [-0.39, 0.29) is 0 Å². The second-order valence-electron chi connectivity index (χ2n) is 7.02.